The number of nitrogens with zero attached hydrogens (tertiary/aromatic N) is 1. The molecule has 1 fully saturated rings. The summed E-state index contributed by atoms with van der Waals surface area (Å²) in [7, 11) is 0. The number of hydrogen-bond acceptors (Lipinski definition) is 3. The SMILES string of the molecule is CC(C)(C)OC(=O)N1CC(=C(F)CO)C1. The molecule has 1 saturated heterocycles. The molecule has 1 rings (SSSR count). The van der Waals surface area contributed by atoms with Crippen LogP contribution < -0.4 is 0 Å². The molecule has 0 atom stereocenters. The van der Waals surface area contributed by atoms with E-state index in [0.717, 1.165) is 0 Å². The van der Waals surface area contributed by atoms with E-state index in [0.29, 0.717) is 5.57 Å². The summed E-state index contributed by atoms with van der Waals surface area (Å²) in [4.78, 5) is 12.8. The number of carbonyl (C=O) groups is 1. The fourth-order valence-electron chi connectivity index (χ4n) is 1.15. The van der Waals surface area contributed by atoms with E-state index in [-0.39, 0.29) is 13.1 Å². The monoisotopic (exact) mass is 217 g/mol. The molecule has 5 heteroatoms. The Labute approximate surface area is 88.3 Å². The highest BCUT2D eigenvalue weighted by Gasteiger charge is 2.31. The fraction of sp³-hybridized carbons (Fsp3) is 0.700. The molecule has 1 amide bonds. The molecule has 0 aromatic carbocycles. The van der Waals surface area contributed by atoms with E-state index in [4.69, 9.17) is 9.84 Å². The third-order valence-corrected chi connectivity index (χ3v) is 1.94. The molecule has 0 spiro atoms. The van der Waals surface area contributed by atoms with Gasteiger partial charge in [0.15, 0.2) is 0 Å². The molecular weight excluding hydrogens is 201 g/mol. The van der Waals surface area contributed by atoms with E-state index in [9.17, 15) is 9.18 Å². The number of aliphatic hydroxyl groups excluding tert-OH is 1. The molecule has 15 heavy (non-hydrogen) atoms. The molecule has 0 unspecified atom stereocenters. The van der Waals surface area contributed by atoms with Crippen LogP contribution in [-0.2, 0) is 4.74 Å². The molecule has 86 valence electrons. The van der Waals surface area contributed by atoms with Crippen molar-refractivity contribution in [2.24, 2.45) is 0 Å². The first-order valence-electron chi connectivity index (χ1n) is 4.78. The quantitative estimate of drug-likeness (QED) is 0.723. The van der Waals surface area contributed by atoms with E-state index in [1.807, 2.05) is 0 Å². The molecule has 1 N–H and O–H groups in total. The van der Waals surface area contributed by atoms with Crippen LogP contribution in [0.2, 0.25) is 0 Å². The van der Waals surface area contributed by atoms with Crippen molar-refractivity contribution in [2.75, 3.05) is 19.7 Å². The molecule has 4 nitrogen and oxygen atoms in total. The molecule has 1 aliphatic heterocycles. The van der Waals surface area contributed by atoms with Gasteiger partial charge in [-0.2, -0.15) is 0 Å². The van der Waals surface area contributed by atoms with E-state index in [1.54, 1.807) is 20.8 Å². The summed E-state index contributed by atoms with van der Waals surface area (Å²) >= 11 is 0. The summed E-state index contributed by atoms with van der Waals surface area (Å²) in [6.45, 7) is 5.14. The molecule has 0 aromatic rings. The standard InChI is InChI=1S/C10H16FNO3/c1-10(2,3)15-9(14)12-4-7(5-12)8(11)6-13/h13H,4-6H2,1-3H3. The van der Waals surface area contributed by atoms with Crippen LogP contribution in [0.1, 0.15) is 20.8 Å². The van der Waals surface area contributed by atoms with Gasteiger partial charge in [0.1, 0.15) is 11.4 Å². The largest absolute Gasteiger partial charge is 0.444 e. The Hall–Kier alpha value is -1.10. The van der Waals surface area contributed by atoms with Gasteiger partial charge in [-0.05, 0) is 20.8 Å². The van der Waals surface area contributed by atoms with Crippen LogP contribution in [0.5, 0.6) is 0 Å². The third kappa shape index (κ3) is 3.20. The Kier molecular flexibility index (Phi) is 3.34. The highest BCUT2D eigenvalue weighted by molar-refractivity contribution is 5.70. The fourth-order valence-corrected chi connectivity index (χ4v) is 1.15. The van der Waals surface area contributed by atoms with Crippen LogP contribution in [0.4, 0.5) is 9.18 Å². The number of likely N-dealkylation sites (tertiary alicyclic amines) is 1. The van der Waals surface area contributed by atoms with Gasteiger partial charge in [-0.3, -0.25) is 4.90 Å². The summed E-state index contributed by atoms with van der Waals surface area (Å²) in [5, 5.41) is 8.51. The average molecular weight is 217 g/mol. The predicted molar refractivity (Wildman–Crippen MR) is 53.0 cm³/mol. The Morgan fingerprint density at radius 2 is 2.07 bits per heavy atom. The number of ether oxygens (including phenoxy) is 1. The second-order valence-corrected chi connectivity index (χ2v) is 4.50. The zero-order valence-electron chi connectivity index (χ0n) is 9.21. The minimum atomic E-state index is -0.600. The normalized spacial score (nSPS) is 16.1. The molecular formula is C10H16FNO3. The van der Waals surface area contributed by atoms with Crippen molar-refractivity contribution in [3.05, 3.63) is 11.4 Å². The van der Waals surface area contributed by atoms with Crippen LogP contribution in [0, 0.1) is 0 Å². The zero-order chi connectivity index (χ0) is 11.6. The van der Waals surface area contributed by atoms with Crippen molar-refractivity contribution in [3.63, 3.8) is 0 Å². The number of halogens is 1. The van der Waals surface area contributed by atoms with Crippen molar-refractivity contribution in [3.8, 4) is 0 Å². The lowest BCUT2D eigenvalue weighted by Crippen LogP contribution is -2.47. The van der Waals surface area contributed by atoms with E-state index >= 15 is 0 Å². The van der Waals surface area contributed by atoms with E-state index in [2.05, 4.69) is 0 Å². The summed E-state index contributed by atoms with van der Waals surface area (Å²) in [6.07, 6.45) is -0.447. The summed E-state index contributed by atoms with van der Waals surface area (Å²) < 4.78 is 17.9. The second kappa shape index (κ2) is 4.18. The highest BCUT2D eigenvalue weighted by Crippen LogP contribution is 2.21. The van der Waals surface area contributed by atoms with Crippen molar-refractivity contribution in [1.29, 1.82) is 0 Å². The Morgan fingerprint density at radius 3 is 2.47 bits per heavy atom. The van der Waals surface area contributed by atoms with Crippen LogP contribution >= 0.6 is 0 Å². The van der Waals surface area contributed by atoms with Crippen LogP contribution in [0.25, 0.3) is 0 Å². The van der Waals surface area contributed by atoms with Gasteiger partial charge in [0.25, 0.3) is 0 Å². The van der Waals surface area contributed by atoms with Crippen molar-refractivity contribution in [2.45, 2.75) is 26.4 Å². The first kappa shape index (κ1) is 12.0. The first-order chi connectivity index (χ1) is 6.83. The van der Waals surface area contributed by atoms with Gasteiger partial charge in [0.2, 0.25) is 0 Å². The lowest BCUT2D eigenvalue weighted by Gasteiger charge is -2.35. The van der Waals surface area contributed by atoms with Gasteiger partial charge in [0, 0.05) is 18.7 Å². The molecule has 0 bridgehead atoms. The topological polar surface area (TPSA) is 49.8 Å². The van der Waals surface area contributed by atoms with Crippen molar-refractivity contribution < 1.29 is 19.0 Å². The average Bonchev–Trinajstić information content (AvgIpc) is 1.97. The smallest absolute Gasteiger partial charge is 0.410 e. The Bertz CT molecular complexity index is 286. The number of aliphatic hydroxyl groups is 1. The van der Waals surface area contributed by atoms with Gasteiger partial charge in [-0.1, -0.05) is 0 Å². The second-order valence-electron chi connectivity index (χ2n) is 4.50. The minimum Gasteiger partial charge on any atom is -0.444 e. The maximum absolute atomic E-state index is 12.8. The maximum Gasteiger partial charge on any atom is 0.410 e. The van der Waals surface area contributed by atoms with Crippen LogP contribution in [0.3, 0.4) is 0 Å². The lowest BCUT2D eigenvalue weighted by atomic mass is 10.1. The number of carbonyl (C=O) groups excluding carboxylic acids is 1. The molecule has 0 aliphatic carbocycles. The Morgan fingerprint density at radius 1 is 1.53 bits per heavy atom. The minimum absolute atomic E-state index is 0.210. The number of amides is 1. The molecule has 0 saturated carbocycles. The third-order valence-electron chi connectivity index (χ3n) is 1.94. The lowest BCUT2D eigenvalue weighted by molar-refractivity contribution is 0.0208. The van der Waals surface area contributed by atoms with Gasteiger partial charge < -0.3 is 9.84 Å². The number of rotatable bonds is 1. The van der Waals surface area contributed by atoms with Gasteiger partial charge in [0.05, 0.1) is 6.61 Å². The van der Waals surface area contributed by atoms with Crippen LogP contribution in [-0.4, -0.2) is 41.4 Å². The summed E-state index contributed by atoms with van der Waals surface area (Å²) in [5.74, 6) is -0.546. The van der Waals surface area contributed by atoms with Crippen molar-refractivity contribution in [1.82, 2.24) is 4.90 Å². The van der Waals surface area contributed by atoms with Gasteiger partial charge in [-0.25, -0.2) is 9.18 Å². The summed E-state index contributed by atoms with van der Waals surface area (Å²) in [6, 6.07) is 0. The van der Waals surface area contributed by atoms with E-state index in [1.165, 1.54) is 4.90 Å². The number of hydrogen-bond donors (Lipinski definition) is 1. The first-order valence-corrected chi connectivity index (χ1v) is 4.78. The molecule has 1 aliphatic rings. The predicted octanol–water partition coefficient (Wildman–Crippen LogP) is 1.45. The zero-order valence-corrected chi connectivity index (χ0v) is 9.21. The molecule has 0 radical (unpaired) electrons. The Balaban J connectivity index is 2.43. The van der Waals surface area contributed by atoms with Gasteiger partial charge in [-0.15, -0.1) is 0 Å². The molecule has 1 heterocycles. The van der Waals surface area contributed by atoms with Gasteiger partial charge >= 0.3 is 6.09 Å². The maximum atomic E-state index is 12.8. The highest BCUT2D eigenvalue weighted by atomic mass is 19.1. The van der Waals surface area contributed by atoms with Crippen LogP contribution in [0.15, 0.2) is 11.4 Å². The van der Waals surface area contributed by atoms with E-state index < -0.39 is 24.1 Å². The van der Waals surface area contributed by atoms with Crippen molar-refractivity contribution >= 4 is 6.09 Å². The summed E-state index contributed by atoms with van der Waals surface area (Å²) in [5.41, 5.74) is -0.0742. The molecule has 0 aromatic heterocycles.